The molecule has 2 aliphatic rings. The summed E-state index contributed by atoms with van der Waals surface area (Å²) in [7, 11) is 0. The second-order valence-electron chi connectivity index (χ2n) is 5.74. The molecular weight excluding hydrogens is 274 g/mol. The molecule has 0 aliphatic heterocycles. The monoisotopic (exact) mass is 297 g/mol. The van der Waals surface area contributed by atoms with Crippen LogP contribution in [-0.2, 0) is 9.63 Å². The lowest BCUT2D eigenvalue weighted by molar-refractivity contribution is -0.137. The van der Waals surface area contributed by atoms with Crippen LogP contribution in [0.15, 0.2) is 23.4 Å². The zero-order chi connectivity index (χ0) is 15.4. The van der Waals surface area contributed by atoms with Crippen LogP contribution in [0, 0.1) is 11.8 Å². The van der Waals surface area contributed by atoms with E-state index in [0.717, 1.165) is 12.1 Å². The summed E-state index contributed by atoms with van der Waals surface area (Å²) in [5.41, 5.74) is 5.06. The maximum absolute atomic E-state index is 10.4. The quantitative estimate of drug-likeness (QED) is 0.303. The highest BCUT2D eigenvalue weighted by atomic mass is 16.6. The Balaban J connectivity index is 1.78. The molecule has 0 heterocycles. The van der Waals surface area contributed by atoms with Crippen molar-refractivity contribution in [2.45, 2.75) is 44.8 Å². The van der Waals surface area contributed by atoms with Crippen molar-refractivity contribution < 1.29 is 25.0 Å². The Hall–Kier alpha value is -1.37. The molecular formula is C15H23NO5. The van der Waals surface area contributed by atoms with Crippen molar-refractivity contribution in [2.24, 2.45) is 11.8 Å². The minimum Gasteiger partial charge on any atom is -0.481 e. The fourth-order valence-electron chi connectivity index (χ4n) is 2.93. The third-order valence-corrected chi connectivity index (χ3v) is 4.04. The van der Waals surface area contributed by atoms with Crippen LogP contribution in [0.3, 0.4) is 0 Å². The van der Waals surface area contributed by atoms with Crippen molar-refractivity contribution in [3.05, 3.63) is 23.4 Å². The highest BCUT2D eigenvalue weighted by Gasteiger charge is 2.44. The summed E-state index contributed by atoms with van der Waals surface area (Å²) in [6.07, 6.45) is 4.72. The maximum Gasteiger partial charge on any atom is 0.303 e. The van der Waals surface area contributed by atoms with Gasteiger partial charge in [0.1, 0.15) is 0 Å². The van der Waals surface area contributed by atoms with Crippen LogP contribution in [-0.4, -0.2) is 40.1 Å². The minimum atomic E-state index is -0.823. The molecule has 118 valence electrons. The Kier molecular flexibility index (Phi) is 5.39. The summed E-state index contributed by atoms with van der Waals surface area (Å²) in [4.78, 5) is 15.6. The Morgan fingerprint density at radius 3 is 2.95 bits per heavy atom. The van der Waals surface area contributed by atoms with E-state index < -0.39 is 18.2 Å². The van der Waals surface area contributed by atoms with Gasteiger partial charge in [-0.05, 0) is 37.7 Å². The van der Waals surface area contributed by atoms with Crippen molar-refractivity contribution in [1.29, 1.82) is 0 Å². The summed E-state index contributed by atoms with van der Waals surface area (Å²) in [5, 5.41) is 27.9. The van der Waals surface area contributed by atoms with Crippen molar-refractivity contribution in [3.63, 3.8) is 0 Å². The first-order chi connectivity index (χ1) is 9.99. The average molecular weight is 297 g/mol. The van der Waals surface area contributed by atoms with Crippen LogP contribution in [0.25, 0.3) is 0 Å². The summed E-state index contributed by atoms with van der Waals surface area (Å²) in [6, 6.07) is 0. The van der Waals surface area contributed by atoms with Crippen molar-refractivity contribution in [1.82, 2.24) is 5.48 Å². The SMILES string of the molecule is CC(O)C=CC1C(O)CC2=C(NOCCCC(=O)O)C[C@H]21. The molecule has 2 aliphatic carbocycles. The Bertz CT molecular complexity index is 443. The van der Waals surface area contributed by atoms with E-state index in [-0.39, 0.29) is 12.3 Å². The third-order valence-electron chi connectivity index (χ3n) is 4.04. The smallest absolute Gasteiger partial charge is 0.303 e. The van der Waals surface area contributed by atoms with Crippen LogP contribution in [0.5, 0.6) is 0 Å². The van der Waals surface area contributed by atoms with Crippen LogP contribution in [0.2, 0.25) is 0 Å². The van der Waals surface area contributed by atoms with Crippen molar-refractivity contribution in [2.75, 3.05) is 6.61 Å². The second-order valence-corrected chi connectivity index (χ2v) is 5.74. The molecule has 4 N–H and O–H groups in total. The van der Waals surface area contributed by atoms with E-state index in [4.69, 9.17) is 9.94 Å². The van der Waals surface area contributed by atoms with E-state index in [2.05, 4.69) is 5.48 Å². The first kappa shape index (κ1) is 16.0. The number of carbonyl (C=O) groups is 1. The standard InChI is InChI=1S/C15H23NO5/c1-9(17)4-5-10-11-7-13(12(11)8-14(10)18)16-21-6-2-3-15(19)20/h4-5,9-11,14,16-18H,2-3,6-8H2,1H3,(H,19,20)/t9?,10?,11-,14?/m0/s1. The normalized spacial score (nSPS) is 29.4. The molecule has 4 atom stereocenters. The second kappa shape index (κ2) is 7.06. The summed E-state index contributed by atoms with van der Waals surface area (Å²) in [5.74, 6) is -0.441. The van der Waals surface area contributed by atoms with E-state index in [9.17, 15) is 15.0 Å². The molecule has 3 unspecified atom stereocenters. The minimum absolute atomic E-state index is 0.0622. The number of hydrogen-bond acceptors (Lipinski definition) is 5. The molecule has 1 saturated carbocycles. The average Bonchev–Trinajstić information content (AvgIpc) is 2.63. The van der Waals surface area contributed by atoms with Gasteiger partial charge < -0.3 is 15.3 Å². The number of aliphatic carboxylic acids is 1. The largest absolute Gasteiger partial charge is 0.481 e. The first-order valence-corrected chi connectivity index (χ1v) is 7.35. The van der Waals surface area contributed by atoms with Gasteiger partial charge in [-0.15, -0.1) is 0 Å². The number of hydroxylamine groups is 1. The number of carboxylic acids is 1. The highest BCUT2D eigenvalue weighted by Crippen LogP contribution is 2.49. The molecule has 0 amide bonds. The third kappa shape index (κ3) is 4.06. The van der Waals surface area contributed by atoms with Gasteiger partial charge in [-0.1, -0.05) is 12.2 Å². The van der Waals surface area contributed by atoms with Gasteiger partial charge in [0.25, 0.3) is 0 Å². The van der Waals surface area contributed by atoms with Crippen LogP contribution in [0.4, 0.5) is 0 Å². The lowest BCUT2D eigenvalue weighted by atomic mass is 9.79. The number of carboxylic acid groups (broad SMARTS) is 1. The van der Waals surface area contributed by atoms with Gasteiger partial charge in [-0.25, -0.2) is 0 Å². The fraction of sp³-hybridized carbons (Fsp3) is 0.667. The van der Waals surface area contributed by atoms with E-state index >= 15 is 0 Å². The predicted octanol–water partition coefficient (Wildman–Crippen LogP) is 0.964. The van der Waals surface area contributed by atoms with Crippen LogP contribution in [0.1, 0.15) is 32.6 Å². The number of aliphatic hydroxyl groups is 2. The van der Waals surface area contributed by atoms with Crippen molar-refractivity contribution in [3.8, 4) is 0 Å². The molecule has 0 aromatic heterocycles. The zero-order valence-corrected chi connectivity index (χ0v) is 12.2. The van der Waals surface area contributed by atoms with E-state index in [0.29, 0.717) is 25.4 Å². The van der Waals surface area contributed by atoms with Gasteiger partial charge in [0.15, 0.2) is 0 Å². The Morgan fingerprint density at radius 2 is 2.29 bits per heavy atom. The lowest BCUT2D eigenvalue weighted by Crippen LogP contribution is -2.29. The molecule has 0 radical (unpaired) electrons. The molecule has 6 nitrogen and oxygen atoms in total. The van der Waals surface area contributed by atoms with Gasteiger partial charge in [-0.2, -0.15) is 0 Å². The molecule has 0 spiro atoms. The number of hydrogen-bond donors (Lipinski definition) is 4. The highest BCUT2D eigenvalue weighted by molar-refractivity contribution is 5.66. The van der Waals surface area contributed by atoms with E-state index in [1.165, 1.54) is 5.57 Å². The number of fused-ring (bicyclic) bond motifs is 1. The topological polar surface area (TPSA) is 99.0 Å². The summed E-state index contributed by atoms with van der Waals surface area (Å²) >= 11 is 0. The molecule has 0 bridgehead atoms. The van der Waals surface area contributed by atoms with Gasteiger partial charge in [0.05, 0.1) is 18.8 Å². The molecule has 0 aromatic rings. The van der Waals surface area contributed by atoms with Crippen molar-refractivity contribution >= 4 is 5.97 Å². The van der Waals surface area contributed by atoms with Gasteiger partial charge in [0.2, 0.25) is 0 Å². The summed E-state index contributed by atoms with van der Waals surface area (Å²) in [6.45, 7) is 2.04. The number of aliphatic hydroxyl groups excluding tert-OH is 2. The Morgan fingerprint density at radius 1 is 1.52 bits per heavy atom. The molecule has 2 rings (SSSR count). The molecule has 0 saturated heterocycles. The van der Waals surface area contributed by atoms with Gasteiger partial charge in [-0.3, -0.25) is 15.1 Å². The Labute approximate surface area is 124 Å². The summed E-state index contributed by atoms with van der Waals surface area (Å²) < 4.78 is 0. The first-order valence-electron chi connectivity index (χ1n) is 7.35. The number of rotatable bonds is 8. The number of nitrogens with one attached hydrogen (secondary N) is 1. The molecule has 0 aromatic carbocycles. The lowest BCUT2D eigenvalue weighted by Gasteiger charge is -2.31. The molecule has 6 heteroatoms. The molecule has 1 fully saturated rings. The van der Waals surface area contributed by atoms with Crippen LogP contribution < -0.4 is 5.48 Å². The van der Waals surface area contributed by atoms with Gasteiger partial charge in [0, 0.05) is 18.0 Å². The van der Waals surface area contributed by atoms with E-state index in [1.54, 1.807) is 13.0 Å². The molecule has 21 heavy (non-hydrogen) atoms. The van der Waals surface area contributed by atoms with Crippen LogP contribution >= 0.6 is 0 Å². The fourth-order valence-corrected chi connectivity index (χ4v) is 2.93. The number of allylic oxidation sites excluding steroid dienone is 1. The zero-order valence-electron chi connectivity index (χ0n) is 12.2. The van der Waals surface area contributed by atoms with Gasteiger partial charge >= 0.3 is 5.97 Å². The predicted molar refractivity (Wildman–Crippen MR) is 76.0 cm³/mol. The maximum atomic E-state index is 10.4. The van der Waals surface area contributed by atoms with E-state index in [1.807, 2.05) is 6.08 Å².